The van der Waals surface area contributed by atoms with Crippen molar-refractivity contribution in [2.45, 2.75) is 39.5 Å². The number of carboxylic acids is 1. The van der Waals surface area contributed by atoms with Crippen LogP contribution in [0.5, 0.6) is 0 Å². The molecule has 1 saturated heterocycles. The molecule has 3 heterocycles. The first-order valence-electron chi connectivity index (χ1n) is 8.78. The minimum atomic E-state index is -0.876. The van der Waals surface area contributed by atoms with E-state index in [0.717, 1.165) is 53.2 Å². The number of carbonyl (C=O) groups is 2. The first kappa shape index (κ1) is 17.9. The van der Waals surface area contributed by atoms with Gasteiger partial charge in [-0.3, -0.25) is 10.1 Å². The van der Waals surface area contributed by atoms with Crippen molar-refractivity contribution in [3.05, 3.63) is 44.7 Å². The highest BCUT2D eigenvalue weighted by Gasteiger charge is 2.28. The Bertz CT molecular complexity index is 1030. The van der Waals surface area contributed by atoms with Crippen molar-refractivity contribution in [1.29, 1.82) is 0 Å². The highest BCUT2D eigenvalue weighted by Crippen LogP contribution is 2.38. The van der Waals surface area contributed by atoms with Gasteiger partial charge in [0.2, 0.25) is 0 Å². The van der Waals surface area contributed by atoms with Crippen LogP contribution in [-0.4, -0.2) is 26.7 Å². The summed E-state index contributed by atoms with van der Waals surface area (Å²) in [4.78, 5) is 25.1. The number of aryl methyl sites for hydroxylation is 2. The van der Waals surface area contributed by atoms with Crippen LogP contribution in [0.3, 0.4) is 0 Å². The van der Waals surface area contributed by atoms with Crippen LogP contribution in [0, 0.1) is 13.8 Å². The second-order valence-corrected chi connectivity index (χ2v) is 8.32. The van der Waals surface area contributed by atoms with E-state index in [-0.39, 0.29) is 5.91 Å². The van der Waals surface area contributed by atoms with E-state index in [1.807, 2.05) is 24.5 Å². The molecule has 1 amide bonds. The summed E-state index contributed by atoms with van der Waals surface area (Å²) in [5, 5.41) is 16.3. The van der Waals surface area contributed by atoms with Crippen LogP contribution in [0.2, 0.25) is 0 Å². The van der Waals surface area contributed by atoms with Gasteiger partial charge in [-0.1, -0.05) is 0 Å². The van der Waals surface area contributed by atoms with E-state index >= 15 is 0 Å². The quantitative estimate of drug-likeness (QED) is 0.544. The number of amides is 1. The summed E-state index contributed by atoms with van der Waals surface area (Å²) in [5.74, 6) is -1.14. The average Bonchev–Trinajstić information content (AvgIpc) is 3.21. The van der Waals surface area contributed by atoms with E-state index in [9.17, 15) is 14.7 Å². The monoisotopic (exact) mass is 401 g/mol. The fourth-order valence-electron chi connectivity index (χ4n) is 3.81. The van der Waals surface area contributed by atoms with Crippen molar-refractivity contribution in [2.24, 2.45) is 0 Å². The zero-order valence-electron chi connectivity index (χ0n) is 15.0. The van der Waals surface area contributed by atoms with Crippen LogP contribution in [0.15, 0.2) is 11.8 Å². The standard InChI is InChI=1S/C19H19N3O3S2/c1-9-7-11(8-13-16(23)21-19(26)20-13)10(2)22(9)17-15(18(24)25)12-5-3-4-6-14(12)27-17/h7-8H,3-6H2,1-2H3,(H,24,25)(H2,20,21,23,26)/b13-8+. The maximum Gasteiger partial charge on any atom is 0.339 e. The van der Waals surface area contributed by atoms with Crippen molar-refractivity contribution in [3.8, 4) is 5.00 Å². The molecule has 0 saturated carbocycles. The predicted octanol–water partition coefficient (Wildman–Crippen LogP) is 3.08. The largest absolute Gasteiger partial charge is 0.478 e. The summed E-state index contributed by atoms with van der Waals surface area (Å²) in [6.45, 7) is 3.89. The maximum atomic E-state index is 12.0. The number of fused-ring (bicyclic) bond motifs is 1. The van der Waals surface area contributed by atoms with Crippen molar-refractivity contribution in [3.63, 3.8) is 0 Å². The molecule has 4 rings (SSSR count). The topological polar surface area (TPSA) is 83.4 Å². The van der Waals surface area contributed by atoms with E-state index in [4.69, 9.17) is 12.2 Å². The van der Waals surface area contributed by atoms with Gasteiger partial charge in [0.25, 0.3) is 5.91 Å². The molecule has 8 heteroatoms. The predicted molar refractivity (Wildman–Crippen MR) is 109 cm³/mol. The molecule has 0 atom stereocenters. The number of nitrogens with one attached hydrogen (secondary N) is 2. The number of thiophene rings is 1. The van der Waals surface area contributed by atoms with E-state index < -0.39 is 5.97 Å². The maximum absolute atomic E-state index is 12.0. The molecule has 0 radical (unpaired) electrons. The van der Waals surface area contributed by atoms with Gasteiger partial charge in [0.05, 0.1) is 5.56 Å². The number of rotatable bonds is 3. The molecule has 0 spiro atoms. The molecule has 3 N–H and O–H groups in total. The van der Waals surface area contributed by atoms with Gasteiger partial charge in [0.15, 0.2) is 5.11 Å². The zero-order valence-corrected chi connectivity index (χ0v) is 16.6. The number of hydrogen-bond acceptors (Lipinski definition) is 4. The minimum Gasteiger partial charge on any atom is -0.478 e. The Hall–Kier alpha value is -2.45. The Kier molecular flexibility index (Phi) is 4.39. The minimum absolute atomic E-state index is 0.261. The van der Waals surface area contributed by atoms with E-state index in [0.29, 0.717) is 16.4 Å². The second-order valence-electron chi connectivity index (χ2n) is 6.82. The normalized spacial score (nSPS) is 17.8. The summed E-state index contributed by atoms with van der Waals surface area (Å²) < 4.78 is 1.99. The number of carboxylic acid groups (broad SMARTS) is 1. The molecule has 0 unspecified atom stereocenters. The van der Waals surface area contributed by atoms with Crippen LogP contribution in [0.1, 0.15) is 50.6 Å². The van der Waals surface area contributed by atoms with E-state index in [2.05, 4.69) is 10.6 Å². The molecule has 0 bridgehead atoms. The van der Waals surface area contributed by atoms with Crippen LogP contribution < -0.4 is 10.6 Å². The molecular formula is C19H19N3O3S2. The number of hydrogen-bond donors (Lipinski definition) is 3. The number of aromatic carboxylic acids is 1. The average molecular weight is 402 g/mol. The molecule has 2 aliphatic rings. The summed E-state index contributed by atoms with van der Waals surface area (Å²) in [6, 6.07) is 1.96. The second kappa shape index (κ2) is 6.61. The Labute approximate surface area is 165 Å². The van der Waals surface area contributed by atoms with Gasteiger partial charge in [-0.15, -0.1) is 11.3 Å². The van der Waals surface area contributed by atoms with Gasteiger partial charge < -0.3 is 15.0 Å². The third-order valence-electron chi connectivity index (χ3n) is 5.06. The van der Waals surface area contributed by atoms with Gasteiger partial charge >= 0.3 is 5.97 Å². The van der Waals surface area contributed by atoms with Gasteiger partial charge in [-0.2, -0.15) is 0 Å². The summed E-state index contributed by atoms with van der Waals surface area (Å²) in [7, 11) is 0. The molecule has 6 nitrogen and oxygen atoms in total. The third-order valence-corrected chi connectivity index (χ3v) is 6.54. The molecule has 1 fully saturated rings. The number of thiocarbonyl (C=S) groups is 1. The number of carbonyl (C=O) groups excluding carboxylic acids is 1. The lowest BCUT2D eigenvalue weighted by atomic mass is 9.95. The first-order chi connectivity index (χ1) is 12.9. The Morgan fingerprint density at radius 3 is 2.70 bits per heavy atom. The SMILES string of the molecule is Cc1cc(/C=C2/NC(=S)NC2=O)c(C)n1-c1sc2c(c1C(=O)O)CCCC2. The van der Waals surface area contributed by atoms with Gasteiger partial charge in [0, 0.05) is 16.3 Å². The van der Waals surface area contributed by atoms with Gasteiger partial charge in [0.1, 0.15) is 10.7 Å². The Balaban J connectivity index is 1.85. The smallest absolute Gasteiger partial charge is 0.339 e. The van der Waals surface area contributed by atoms with Crippen molar-refractivity contribution < 1.29 is 14.7 Å². The molecule has 1 aliphatic heterocycles. The fraction of sp³-hybridized carbons (Fsp3) is 0.316. The van der Waals surface area contributed by atoms with Gasteiger partial charge in [-0.05, 0) is 75.0 Å². The number of aromatic nitrogens is 1. The van der Waals surface area contributed by atoms with Crippen molar-refractivity contribution >= 4 is 46.6 Å². The molecule has 1 aliphatic carbocycles. The van der Waals surface area contributed by atoms with Crippen LogP contribution >= 0.6 is 23.6 Å². The Morgan fingerprint density at radius 2 is 2.04 bits per heavy atom. The molecular weight excluding hydrogens is 382 g/mol. The lowest BCUT2D eigenvalue weighted by Crippen LogP contribution is -2.21. The summed E-state index contributed by atoms with van der Waals surface area (Å²) in [6.07, 6.45) is 5.66. The summed E-state index contributed by atoms with van der Waals surface area (Å²) in [5.41, 5.74) is 4.49. The van der Waals surface area contributed by atoms with Gasteiger partial charge in [-0.25, -0.2) is 4.79 Å². The van der Waals surface area contributed by atoms with Crippen LogP contribution in [0.25, 0.3) is 11.1 Å². The highest BCUT2D eigenvalue weighted by molar-refractivity contribution is 7.80. The summed E-state index contributed by atoms with van der Waals surface area (Å²) >= 11 is 6.55. The number of nitrogens with zero attached hydrogens (tertiary/aromatic N) is 1. The first-order valence-corrected chi connectivity index (χ1v) is 10.0. The molecule has 140 valence electrons. The van der Waals surface area contributed by atoms with Crippen LogP contribution in [-0.2, 0) is 17.6 Å². The van der Waals surface area contributed by atoms with Crippen molar-refractivity contribution in [1.82, 2.24) is 15.2 Å². The molecule has 0 aromatic carbocycles. The molecule has 27 heavy (non-hydrogen) atoms. The van der Waals surface area contributed by atoms with Crippen LogP contribution in [0.4, 0.5) is 0 Å². The molecule has 2 aromatic heterocycles. The van der Waals surface area contributed by atoms with E-state index in [1.54, 1.807) is 17.4 Å². The van der Waals surface area contributed by atoms with Crippen molar-refractivity contribution in [2.75, 3.05) is 0 Å². The van der Waals surface area contributed by atoms with E-state index in [1.165, 1.54) is 4.88 Å². The lowest BCUT2D eigenvalue weighted by molar-refractivity contribution is -0.115. The third kappa shape index (κ3) is 2.98. The highest BCUT2D eigenvalue weighted by atomic mass is 32.1. The zero-order chi connectivity index (χ0) is 19.3. The Morgan fingerprint density at radius 1 is 1.30 bits per heavy atom. The molecule has 2 aromatic rings. The lowest BCUT2D eigenvalue weighted by Gasteiger charge is -2.11. The fourth-order valence-corrected chi connectivity index (χ4v) is 5.51.